The summed E-state index contributed by atoms with van der Waals surface area (Å²) in [5.74, 6) is 1.07. The largest absolute Gasteiger partial charge is 0.497 e. The maximum Gasteiger partial charge on any atom is 0.219 e. The zero-order valence-electron chi connectivity index (χ0n) is 11.8. The minimum Gasteiger partial charge on any atom is -0.497 e. The van der Waals surface area contributed by atoms with E-state index >= 15 is 0 Å². The lowest BCUT2D eigenvalue weighted by Crippen LogP contribution is -2.48. The molecule has 0 atom stereocenters. The number of rotatable bonds is 2. The molecule has 1 saturated heterocycles. The van der Waals surface area contributed by atoms with Gasteiger partial charge in [0.05, 0.1) is 12.8 Å². The first-order chi connectivity index (χ1) is 9.69. The monoisotopic (exact) mass is 290 g/mol. The molecule has 20 heavy (non-hydrogen) atoms. The minimum absolute atomic E-state index is 0.171. The molecule has 0 radical (unpaired) electrons. The normalized spacial score (nSPS) is 15.7. The maximum atomic E-state index is 11.4. The Morgan fingerprint density at radius 1 is 1.25 bits per heavy atom. The van der Waals surface area contributed by atoms with Gasteiger partial charge in [-0.1, -0.05) is 0 Å². The van der Waals surface area contributed by atoms with Gasteiger partial charge in [-0.25, -0.2) is 0 Å². The number of thiophene rings is 1. The van der Waals surface area contributed by atoms with Crippen molar-refractivity contribution < 1.29 is 9.53 Å². The molecule has 5 heteroatoms. The fourth-order valence-electron chi connectivity index (χ4n) is 2.63. The number of carbonyl (C=O) groups excluding carboxylic acids is 1. The number of ether oxygens (including phenoxy) is 1. The lowest BCUT2D eigenvalue weighted by atomic mass is 10.2. The Morgan fingerprint density at radius 3 is 2.65 bits per heavy atom. The molecule has 3 rings (SSSR count). The van der Waals surface area contributed by atoms with E-state index in [1.807, 2.05) is 11.0 Å². The Bertz CT molecular complexity index is 630. The predicted molar refractivity (Wildman–Crippen MR) is 82.8 cm³/mol. The summed E-state index contributed by atoms with van der Waals surface area (Å²) in [6.07, 6.45) is 0. The van der Waals surface area contributed by atoms with Crippen LogP contribution in [0, 0.1) is 0 Å². The van der Waals surface area contributed by atoms with Gasteiger partial charge in [0.2, 0.25) is 5.91 Å². The van der Waals surface area contributed by atoms with Crippen LogP contribution < -0.4 is 9.64 Å². The van der Waals surface area contributed by atoms with E-state index in [-0.39, 0.29) is 5.91 Å². The van der Waals surface area contributed by atoms with Gasteiger partial charge in [0.1, 0.15) is 5.75 Å². The van der Waals surface area contributed by atoms with Crippen LogP contribution in [0.15, 0.2) is 23.6 Å². The van der Waals surface area contributed by atoms with E-state index in [1.54, 1.807) is 25.4 Å². The summed E-state index contributed by atoms with van der Waals surface area (Å²) < 4.78 is 6.51. The molecule has 2 aromatic rings. The summed E-state index contributed by atoms with van der Waals surface area (Å²) in [7, 11) is 1.69. The van der Waals surface area contributed by atoms with E-state index in [9.17, 15) is 4.79 Å². The van der Waals surface area contributed by atoms with Crippen molar-refractivity contribution in [3.8, 4) is 5.75 Å². The number of hydrogen-bond donors (Lipinski definition) is 0. The number of piperazine rings is 1. The van der Waals surface area contributed by atoms with Crippen LogP contribution >= 0.6 is 11.3 Å². The van der Waals surface area contributed by atoms with Crippen LogP contribution in [0.4, 0.5) is 5.69 Å². The molecule has 1 aromatic carbocycles. The highest BCUT2D eigenvalue weighted by molar-refractivity contribution is 7.17. The summed E-state index contributed by atoms with van der Waals surface area (Å²) >= 11 is 1.74. The molecule has 0 saturated carbocycles. The van der Waals surface area contributed by atoms with Gasteiger partial charge in [-0.05, 0) is 18.2 Å². The molecule has 1 aliphatic heterocycles. The van der Waals surface area contributed by atoms with Gasteiger partial charge in [-0.2, -0.15) is 0 Å². The number of anilines is 1. The Hall–Kier alpha value is -1.75. The summed E-state index contributed by atoms with van der Waals surface area (Å²) in [5, 5.41) is 3.47. The molecule has 0 bridgehead atoms. The van der Waals surface area contributed by atoms with Gasteiger partial charge in [0.15, 0.2) is 0 Å². The Kier molecular flexibility index (Phi) is 3.53. The van der Waals surface area contributed by atoms with Crippen molar-refractivity contribution in [3.05, 3.63) is 23.6 Å². The first kappa shape index (κ1) is 13.2. The third-order valence-corrected chi connectivity index (χ3v) is 4.76. The highest BCUT2D eigenvalue weighted by Gasteiger charge is 2.20. The van der Waals surface area contributed by atoms with Crippen LogP contribution in [0.2, 0.25) is 0 Å². The first-order valence-corrected chi connectivity index (χ1v) is 7.62. The summed E-state index contributed by atoms with van der Waals surface area (Å²) in [6, 6.07) is 6.21. The summed E-state index contributed by atoms with van der Waals surface area (Å²) in [5.41, 5.74) is 1.27. The zero-order valence-corrected chi connectivity index (χ0v) is 12.6. The zero-order chi connectivity index (χ0) is 14.1. The topological polar surface area (TPSA) is 32.8 Å². The molecule has 1 amide bonds. The number of hydrogen-bond acceptors (Lipinski definition) is 4. The molecular weight excluding hydrogens is 272 g/mol. The fourth-order valence-corrected chi connectivity index (χ4v) is 3.63. The van der Waals surface area contributed by atoms with Crippen LogP contribution in [0.5, 0.6) is 5.75 Å². The van der Waals surface area contributed by atoms with E-state index in [0.717, 1.165) is 31.9 Å². The molecule has 0 unspecified atom stereocenters. The Balaban J connectivity index is 1.83. The number of amides is 1. The molecule has 1 aromatic heterocycles. The number of carbonyl (C=O) groups is 1. The molecule has 1 fully saturated rings. The lowest BCUT2D eigenvalue weighted by Gasteiger charge is -2.35. The number of methoxy groups -OCH3 is 1. The molecule has 2 heterocycles. The molecule has 1 aliphatic rings. The second kappa shape index (κ2) is 5.32. The average Bonchev–Trinajstić information content (AvgIpc) is 2.90. The van der Waals surface area contributed by atoms with Gasteiger partial charge in [0.25, 0.3) is 0 Å². The van der Waals surface area contributed by atoms with Crippen molar-refractivity contribution in [1.82, 2.24) is 4.90 Å². The van der Waals surface area contributed by atoms with Crippen LogP contribution in [0.1, 0.15) is 6.92 Å². The van der Waals surface area contributed by atoms with E-state index in [0.29, 0.717) is 0 Å². The quantitative estimate of drug-likeness (QED) is 0.852. The van der Waals surface area contributed by atoms with Crippen molar-refractivity contribution in [3.63, 3.8) is 0 Å². The molecule has 0 N–H and O–H groups in total. The van der Waals surface area contributed by atoms with Crippen molar-refractivity contribution in [1.29, 1.82) is 0 Å². The van der Waals surface area contributed by atoms with Crippen LogP contribution in [0.25, 0.3) is 10.1 Å². The third kappa shape index (κ3) is 2.33. The van der Waals surface area contributed by atoms with Crippen molar-refractivity contribution in [2.45, 2.75) is 6.92 Å². The summed E-state index contributed by atoms with van der Waals surface area (Å²) in [4.78, 5) is 15.6. The smallest absolute Gasteiger partial charge is 0.219 e. The first-order valence-electron chi connectivity index (χ1n) is 6.75. The van der Waals surface area contributed by atoms with Gasteiger partial charge in [0, 0.05) is 48.6 Å². The maximum absolute atomic E-state index is 11.4. The van der Waals surface area contributed by atoms with E-state index < -0.39 is 0 Å². The minimum atomic E-state index is 0.171. The second-order valence-corrected chi connectivity index (χ2v) is 5.89. The predicted octanol–water partition coefficient (Wildman–Crippen LogP) is 2.58. The third-order valence-electron chi connectivity index (χ3n) is 3.83. The van der Waals surface area contributed by atoms with Crippen molar-refractivity contribution in [2.24, 2.45) is 0 Å². The van der Waals surface area contributed by atoms with Gasteiger partial charge in [-0.3, -0.25) is 4.79 Å². The average molecular weight is 290 g/mol. The lowest BCUT2D eigenvalue weighted by molar-refractivity contribution is -0.129. The van der Waals surface area contributed by atoms with Crippen LogP contribution in [-0.4, -0.2) is 44.1 Å². The Labute approximate surface area is 122 Å². The van der Waals surface area contributed by atoms with Gasteiger partial charge < -0.3 is 14.5 Å². The fraction of sp³-hybridized carbons (Fsp3) is 0.400. The molecule has 106 valence electrons. The highest BCUT2D eigenvalue weighted by Crippen LogP contribution is 2.35. The van der Waals surface area contributed by atoms with Gasteiger partial charge >= 0.3 is 0 Å². The Morgan fingerprint density at radius 2 is 2.00 bits per heavy atom. The van der Waals surface area contributed by atoms with Gasteiger partial charge in [-0.15, -0.1) is 11.3 Å². The molecule has 0 spiro atoms. The van der Waals surface area contributed by atoms with Crippen LogP contribution in [0.3, 0.4) is 0 Å². The van der Waals surface area contributed by atoms with E-state index in [4.69, 9.17) is 4.74 Å². The van der Waals surface area contributed by atoms with E-state index in [2.05, 4.69) is 22.4 Å². The summed E-state index contributed by atoms with van der Waals surface area (Å²) in [6.45, 7) is 5.06. The van der Waals surface area contributed by atoms with Crippen molar-refractivity contribution in [2.75, 3.05) is 38.2 Å². The van der Waals surface area contributed by atoms with E-state index in [1.165, 1.54) is 15.8 Å². The number of nitrogens with zero attached hydrogens (tertiary/aromatic N) is 2. The number of benzene rings is 1. The molecule has 0 aliphatic carbocycles. The second-order valence-electron chi connectivity index (χ2n) is 4.98. The molecular formula is C15H18N2O2S. The molecule has 4 nitrogen and oxygen atoms in total. The standard InChI is InChI=1S/C15H18N2O2S/c1-11(18)16-5-7-17(8-6-16)14-10-20-15-9-12(19-2)3-4-13(14)15/h3-4,9-10H,5-8H2,1-2H3. The SMILES string of the molecule is COc1ccc2c(N3CCN(C(C)=O)CC3)csc2c1. The number of fused-ring (bicyclic) bond motifs is 1. The van der Waals surface area contributed by atoms with Crippen LogP contribution in [-0.2, 0) is 4.79 Å². The highest BCUT2D eigenvalue weighted by atomic mass is 32.1. The van der Waals surface area contributed by atoms with Crippen molar-refractivity contribution >= 4 is 33.0 Å².